The average Bonchev–Trinajstić information content (AvgIpc) is 3.58. The zero-order valence-corrected chi connectivity index (χ0v) is 28.9. The SMILES string of the molecule is N=c1ccc2c(c1)oc1cc(N)cc3oc(=O)c4cc(C(=O)NCc5ccc(-c6nc(-c7ccc(Cl)c(O)c7)c(-c7ccncc7)[nH]6)cc5)ccc4c2c31. The van der Waals surface area contributed by atoms with Crippen LogP contribution in [0.5, 0.6) is 5.75 Å². The van der Waals surface area contributed by atoms with Crippen molar-refractivity contribution < 1.29 is 18.7 Å². The maximum atomic E-state index is 13.5. The molecule has 0 saturated heterocycles. The first-order valence-electron chi connectivity index (χ1n) is 16.8. The molecule has 0 spiro atoms. The van der Waals surface area contributed by atoms with Crippen molar-refractivity contribution in [2.75, 3.05) is 5.73 Å². The van der Waals surface area contributed by atoms with Crippen molar-refractivity contribution >= 4 is 66.9 Å². The molecule has 0 unspecified atom stereocenters. The topological polar surface area (TPSA) is 184 Å². The van der Waals surface area contributed by atoms with Crippen LogP contribution in [0.3, 0.4) is 0 Å². The quantitative estimate of drug-likeness (QED) is 0.0835. The summed E-state index contributed by atoms with van der Waals surface area (Å²) < 4.78 is 11.9. The first-order valence-corrected chi connectivity index (χ1v) is 17.2. The molecule has 0 aliphatic carbocycles. The summed E-state index contributed by atoms with van der Waals surface area (Å²) in [6, 6.07) is 29.6. The minimum atomic E-state index is -0.635. The summed E-state index contributed by atoms with van der Waals surface area (Å²) >= 11 is 6.07. The molecule has 9 aromatic rings. The summed E-state index contributed by atoms with van der Waals surface area (Å²) in [5, 5.41) is 24.6. The number of hydrogen-bond donors (Lipinski definition) is 5. The molecule has 4 aromatic heterocycles. The van der Waals surface area contributed by atoms with Gasteiger partial charge >= 0.3 is 5.63 Å². The summed E-state index contributed by atoms with van der Waals surface area (Å²) in [5.41, 5.74) is 11.9. The monoisotopic (exact) mass is 730 g/mol. The van der Waals surface area contributed by atoms with Gasteiger partial charge in [0.05, 0.1) is 32.5 Å². The van der Waals surface area contributed by atoms with Gasteiger partial charge in [-0.2, -0.15) is 0 Å². The maximum Gasteiger partial charge on any atom is 0.344 e. The molecule has 0 saturated carbocycles. The van der Waals surface area contributed by atoms with Gasteiger partial charge in [0.1, 0.15) is 28.3 Å². The van der Waals surface area contributed by atoms with Crippen molar-refractivity contribution in [1.29, 1.82) is 5.41 Å². The number of nitrogens with zero attached hydrogens (tertiary/aromatic N) is 2. The standard InChI is InChI=1S/C42H27ClN6O5/c43-31-10-6-24(16-32(31)50)39-38(22-11-13-46-14-12-22)48-40(49-39)23-3-1-21(2-4-23)20-47-41(51)25-5-8-28-30(15-25)42(52)54-35-19-27(45)18-34-37(35)36(28)29-9-7-26(44)17-33(29)53-34/h1-19,44,50H,20,45H2,(H,47,51)(H,48,49). The lowest BCUT2D eigenvalue weighted by Crippen LogP contribution is -2.22. The molecule has 9 rings (SSSR count). The van der Waals surface area contributed by atoms with E-state index >= 15 is 0 Å². The third-order valence-electron chi connectivity index (χ3n) is 9.36. The van der Waals surface area contributed by atoms with Gasteiger partial charge in [0.25, 0.3) is 5.91 Å². The van der Waals surface area contributed by atoms with Crippen LogP contribution in [0.2, 0.25) is 5.02 Å². The van der Waals surface area contributed by atoms with Crippen LogP contribution >= 0.6 is 11.6 Å². The predicted molar refractivity (Wildman–Crippen MR) is 208 cm³/mol. The molecule has 1 amide bonds. The lowest BCUT2D eigenvalue weighted by molar-refractivity contribution is 0.0951. The highest BCUT2D eigenvalue weighted by atomic mass is 35.5. The highest BCUT2D eigenvalue weighted by molar-refractivity contribution is 6.32. The van der Waals surface area contributed by atoms with E-state index < -0.39 is 5.63 Å². The summed E-state index contributed by atoms with van der Waals surface area (Å²) in [6.45, 7) is 0.224. The minimum Gasteiger partial charge on any atom is -0.506 e. The van der Waals surface area contributed by atoms with Crippen molar-refractivity contribution in [1.82, 2.24) is 20.3 Å². The Bertz CT molecular complexity index is 3100. The van der Waals surface area contributed by atoms with Crippen LogP contribution in [-0.4, -0.2) is 26.0 Å². The number of anilines is 1. The van der Waals surface area contributed by atoms with Gasteiger partial charge in [-0.05, 0) is 59.5 Å². The molecule has 262 valence electrons. The van der Waals surface area contributed by atoms with Gasteiger partial charge in [0, 0.05) is 75.9 Å². The van der Waals surface area contributed by atoms with Gasteiger partial charge in [0.15, 0.2) is 0 Å². The summed E-state index contributed by atoms with van der Waals surface area (Å²) in [7, 11) is 0. The Kier molecular flexibility index (Phi) is 7.72. The van der Waals surface area contributed by atoms with Crippen molar-refractivity contribution in [2.45, 2.75) is 6.54 Å². The lowest BCUT2D eigenvalue weighted by Gasteiger charge is -2.09. The zero-order valence-electron chi connectivity index (χ0n) is 28.1. The number of nitrogen functional groups attached to an aromatic ring is 1. The number of aromatic amines is 1. The van der Waals surface area contributed by atoms with Crippen molar-refractivity contribution in [3.63, 3.8) is 0 Å². The van der Waals surface area contributed by atoms with Gasteiger partial charge in [-0.3, -0.25) is 9.78 Å². The van der Waals surface area contributed by atoms with Crippen LogP contribution in [0.4, 0.5) is 5.69 Å². The summed E-state index contributed by atoms with van der Waals surface area (Å²) in [5.74, 6) is 0.196. The molecule has 4 heterocycles. The molecule has 11 nitrogen and oxygen atoms in total. The smallest absolute Gasteiger partial charge is 0.344 e. The molecule has 54 heavy (non-hydrogen) atoms. The second kappa shape index (κ2) is 12.8. The zero-order chi connectivity index (χ0) is 37.1. The number of benzene rings is 5. The Morgan fingerprint density at radius 3 is 2.31 bits per heavy atom. The van der Waals surface area contributed by atoms with Gasteiger partial charge < -0.3 is 35.4 Å². The Hall–Kier alpha value is -7.24. The van der Waals surface area contributed by atoms with Crippen molar-refractivity contribution in [3.05, 3.63) is 147 Å². The largest absolute Gasteiger partial charge is 0.506 e. The molecule has 0 aliphatic rings. The molecule has 5 aromatic carbocycles. The Morgan fingerprint density at radius 1 is 0.796 bits per heavy atom. The fourth-order valence-electron chi connectivity index (χ4n) is 6.76. The molecular weight excluding hydrogens is 704 g/mol. The Morgan fingerprint density at radius 2 is 1.54 bits per heavy atom. The van der Waals surface area contributed by atoms with E-state index in [1.54, 1.807) is 73.1 Å². The number of nitrogens with two attached hydrogens (primary N) is 1. The summed E-state index contributed by atoms with van der Waals surface area (Å²) in [6.07, 6.45) is 3.39. The Balaban J connectivity index is 1.02. The van der Waals surface area contributed by atoms with Crippen LogP contribution in [0.25, 0.3) is 77.6 Å². The van der Waals surface area contributed by atoms with Crippen molar-refractivity contribution in [2.24, 2.45) is 0 Å². The van der Waals surface area contributed by atoms with Crippen LogP contribution in [0, 0.1) is 5.41 Å². The minimum absolute atomic E-state index is 0.0423. The van der Waals surface area contributed by atoms with E-state index in [2.05, 4.69) is 15.3 Å². The highest BCUT2D eigenvalue weighted by Crippen LogP contribution is 2.38. The first-order chi connectivity index (χ1) is 26.2. The number of aromatic nitrogens is 3. The molecule has 0 aliphatic heterocycles. The number of phenols is 1. The lowest BCUT2D eigenvalue weighted by atomic mass is 10.00. The van der Waals surface area contributed by atoms with Gasteiger partial charge in [-0.15, -0.1) is 0 Å². The number of imidazole rings is 1. The second-order valence-corrected chi connectivity index (χ2v) is 13.2. The number of phenolic OH excluding ortho intramolecular Hbond substituents is 1. The number of nitrogens with one attached hydrogen (secondary N) is 3. The van der Waals surface area contributed by atoms with E-state index in [9.17, 15) is 14.7 Å². The van der Waals surface area contributed by atoms with E-state index in [0.717, 1.165) is 22.4 Å². The normalized spacial score (nSPS) is 11.5. The predicted octanol–water partition coefficient (Wildman–Crippen LogP) is 8.32. The number of pyridine rings is 1. The van der Waals surface area contributed by atoms with E-state index in [1.807, 2.05) is 36.4 Å². The molecule has 12 heteroatoms. The third kappa shape index (κ3) is 5.69. The van der Waals surface area contributed by atoms with Gasteiger partial charge in [-0.25, -0.2) is 9.78 Å². The molecule has 0 atom stereocenters. The van der Waals surface area contributed by atoms with E-state index in [-0.39, 0.29) is 45.1 Å². The molecule has 0 radical (unpaired) electrons. The summed E-state index contributed by atoms with van der Waals surface area (Å²) in [4.78, 5) is 39.5. The number of aromatic hydroxyl groups is 1. The third-order valence-corrected chi connectivity index (χ3v) is 9.68. The number of H-pyrrole nitrogens is 1. The van der Waals surface area contributed by atoms with E-state index in [1.165, 1.54) is 6.07 Å². The van der Waals surface area contributed by atoms with Crippen molar-refractivity contribution in [3.8, 4) is 39.7 Å². The molecular formula is C42H27ClN6O5. The number of carbonyl (C=O) groups is 1. The number of hydrogen-bond acceptors (Lipinski definition) is 9. The van der Waals surface area contributed by atoms with Gasteiger partial charge in [0.2, 0.25) is 0 Å². The van der Waals surface area contributed by atoms with Crippen LogP contribution in [-0.2, 0) is 6.54 Å². The van der Waals surface area contributed by atoms with E-state index in [0.29, 0.717) is 55.5 Å². The molecule has 0 bridgehead atoms. The number of amides is 1. The highest BCUT2D eigenvalue weighted by Gasteiger charge is 2.19. The second-order valence-electron chi connectivity index (χ2n) is 12.8. The van der Waals surface area contributed by atoms with Crippen LogP contribution in [0.15, 0.2) is 129 Å². The van der Waals surface area contributed by atoms with E-state index in [4.69, 9.17) is 36.6 Å². The number of carbonyl (C=O) groups excluding carboxylic acids is 1. The fraction of sp³-hybridized carbons (Fsp3) is 0.0238. The fourth-order valence-corrected chi connectivity index (χ4v) is 6.88. The Labute approximate surface area is 309 Å². The van der Waals surface area contributed by atoms with Gasteiger partial charge in [-0.1, -0.05) is 48.0 Å². The molecule has 6 N–H and O–H groups in total. The average molecular weight is 731 g/mol. The number of halogens is 1. The number of rotatable bonds is 6. The molecule has 0 fully saturated rings. The van der Waals surface area contributed by atoms with Crippen LogP contribution < -0.4 is 22.0 Å². The van der Waals surface area contributed by atoms with Crippen LogP contribution in [0.1, 0.15) is 15.9 Å². The number of fused-ring (bicyclic) bond motifs is 4. The maximum absolute atomic E-state index is 13.5. The first kappa shape index (κ1) is 32.7.